The molecule has 1 unspecified atom stereocenters. The minimum absolute atomic E-state index is 0.259. The van der Waals surface area contributed by atoms with E-state index in [0.717, 1.165) is 29.0 Å². The van der Waals surface area contributed by atoms with Crippen LogP contribution in [0, 0.1) is 6.92 Å². The van der Waals surface area contributed by atoms with Crippen LogP contribution < -0.4 is 20.1 Å². The molecular weight excluding hydrogens is 360 g/mol. The molecule has 6 heteroatoms. The summed E-state index contributed by atoms with van der Waals surface area (Å²) in [6, 6.07) is 11.3. The molecule has 5 nitrogen and oxygen atoms in total. The molecular formula is C21H28N2O3S. The third kappa shape index (κ3) is 6.10. The standard InChI is InChI=1S/C21H28N2O3S/c1-6-15(3)27-18-8-9-19(14(2)11-18)23-21(24)22-13-16-12-17(25-4)7-10-20(16)26-5/h7-12,15H,6,13H2,1-5H3,(H2,22,23,24). The molecule has 2 aromatic carbocycles. The van der Waals surface area contributed by atoms with E-state index in [9.17, 15) is 4.79 Å². The minimum atomic E-state index is -0.259. The van der Waals surface area contributed by atoms with E-state index in [0.29, 0.717) is 17.5 Å². The van der Waals surface area contributed by atoms with Gasteiger partial charge in [-0.25, -0.2) is 4.79 Å². The Morgan fingerprint density at radius 2 is 1.93 bits per heavy atom. The second-order valence-corrected chi connectivity index (χ2v) is 7.81. The summed E-state index contributed by atoms with van der Waals surface area (Å²) in [6.07, 6.45) is 1.12. The minimum Gasteiger partial charge on any atom is -0.497 e. The highest BCUT2D eigenvalue weighted by Crippen LogP contribution is 2.28. The lowest BCUT2D eigenvalue weighted by atomic mass is 10.2. The first-order valence-corrected chi connectivity index (χ1v) is 9.87. The number of methoxy groups -OCH3 is 2. The molecule has 2 amide bonds. The number of aryl methyl sites for hydroxylation is 1. The van der Waals surface area contributed by atoms with E-state index in [2.05, 4.69) is 30.5 Å². The van der Waals surface area contributed by atoms with Gasteiger partial charge in [0.05, 0.1) is 14.2 Å². The second-order valence-electron chi connectivity index (χ2n) is 6.30. The Morgan fingerprint density at radius 3 is 2.56 bits per heavy atom. The van der Waals surface area contributed by atoms with Crippen molar-refractivity contribution in [1.82, 2.24) is 5.32 Å². The molecule has 0 aliphatic rings. The zero-order chi connectivity index (χ0) is 19.8. The highest BCUT2D eigenvalue weighted by Gasteiger charge is 2.10. The van der Waals surface area contributed by atoms with Crippen LogP contribution in [-0.4, -0.2) is 25.5 Å². The van der Waals surface area contributed by atoms with E-state index in [1.54, 1.807) is 14.2 Å². The van der Waals surface area contributed by atoms with Crippen molar-refractivity contribution in [2.75, 3.05) is 19.5 Å². The zero-order valence-electron chi connectivity index (χ0n) is 16.6. The smallest absolute Gasteiger partial charge is 0.319 e. The highest BCUT2D eigenvalue weighted by atomic mass is 32.2. The van der Waals surface area contributed by atoms with Crippen molar-refractivity contribution in [3.05, 3.63) is 47.5 Å². The van der Waals surface area contributed by atoms with Gasteiger partial charge in [0.2, 0.25) is 0 Å². The van der Waals surface area contributed by atoms with Gasteiger partial charge >= 0.3 is 6.03 Å². The van der Waals surface area contributed by atoms with Gasteiger partial charge in [0.1, 0.15) is 11.5 Å². The first-order valence-electron chi connectivity index (χ1n) is 8.99. The molecule has 1 atom stereocenters. The van der Waals surface area contributed by atoms with E-state index in [1.807, 2.05) is 49.0 Å². The molecule has 0 aliphatic carbocycles. The van der Waals surface area contributed by atoms with Crippen LogP contribution in [0.15, 0.2) is 41.3 Å². The Hall–Kier alpha value is -2.34. The number of nitrogens with one attached hydrogen (secondary N) is 2. The van der Waals surface area contributed by atoms with Gasteiger partial charge < -0.3 is 20.1 Å². The summed E-state index contributed by atoms with van der Waals surface area (Å²) in [5.74, 6) is 1.43. The van der Waals surface area contributed by atoms with Crippen LogP contribution in [0.2, 0.25) is 0 Å². The van der Waals surface area contributed by atoms with Crippen molar-refractivity contribution >= 4 is 23.5 Å². The van der Waals surface area contributed by atoms with Crippen molar-refractivity contribution in [1.29, 1.82) is 0 Å². The highest BCUT2D eigenvalue weighted by molar-refractivity contribution is 7.99. The zero-order valence-corrected chi connectivity index (χ0v) is 17.4. The Balaban J connectivity index is 1.98. The van der Waals surface area contributed by atoms with Crippen LogP contribution in [-0.2, 0) is 6.54 Å². The lowest BCUT2D eigenvalue weighted by molar-refractivity contribution is 0.251. The van der Waals surface area contributed by atoms with Gasteiger partial charge in [-0.1, -0.05) is 13.8 Å². The van der Waals surface area contributed by atoms with E-state index in [4.69, 9.17) is 9.47 Å². The molecule has 0 spiro atoms. The average Bonchev–Trinajstić information content (AvgIpc) is 2.68. The van der Waals surface area contributed by atoms with Gasteiger partial charge in [0.15, 0.2) is 0 Å². The van der Waals surface area contributed by atoms with Crippen molar-refractivity contribution < 1.29 is 14.3 Å². The number of carbonyl (C=O) groups is 1. The fraction of sp³-hybridized carbons (Fsp3) is 0.381. The van der Waals surface area contributed by atoms with Crippen LogP contribution in [0.3, 0.4) is 0 Å². The maximum Gasteiger partial charge on any atom is 0.319 e. The van der Waals surface area contributed by atoms with Crippen molar-refractivity contribution in [2.45, 2.75) is 43.9 Å². The summed E-state index contributed by atoms with van der Waals surface area (Å²) in [7, 11) is 3.21. The van der Waals surface area contributed by atoms with Crippen molar-refractivity contribution in [3.63, 3.8) is 0 Å². The van der Waals surface area contributed by atoms with E-state index in [-0.39, 0.29) is 6.03 Å². The van der Waals surface area contributed by atoms with Gasteiger partial charge in [-0.05, 0) is 55.3 Å². The normalized spacial score (nSPS) is 11.6. The summed E-state index contributed by atoms with van der Waals surface area (Å²) < 4.78 is 10.6. The predicted octanol–water partition coefficient (Wildman–Crippen LogP) is 5.22. The summed E-state index contributed by atoms with van der Waals surface area (Å²) >= 11 is 1.85. The number of thioether (sulfide) groups is 1. The first kappa shape index (κ1) is 21.0. The molecule has 0 heterocycles. The molecule has 2 N–H and O–H groups in total. The van der Waals surface area contributed by atoms with Crippen molar-refractivity contribution in [3.8, 4) is 11.5 Å². The number of anilines is 1. The molecule has 0 saturated heterocycles. The monoisotopic (exact) mass is 388 g/mol. The van der Waals surface area contributed by atoms with E-state index < -0.39 is 0 Å². The molecule has 0 fully saturated rings. The van der Waals surface area contributed by atoms with Gasteiger partial charge in [0.25, 0.3) is 0 Å². The Morgan fingerprint density at radius 1 is 1.15 bits per heavy atom. The number of amides is 2. The molecule has 0 aromatic heterocycles. The third-order valence-corrected chi connectivity index (χ3v) is 5.55. The molecule has 2 rings (SSSR count). The SMILES string of the molecule is CCC(C)Sc1ccc(NC(=O)NCc2cc(OC)ccc2OC)c(C)c1. The Labute approximate surface area is 165 Å². The molecule has 0 aliphatic heterocycles. The number of hydrogen-bond donors (Lipinski definition) is 2. The quantitative estimate of drug-likeness (QED) is 0.608. The van der Waals surface area contributed by atoms with Gasteiger partial charge in [-0.3, -0.25) is 0 Å². The van der Waals surface area contributed by atoms with Crippen LogP contribution in [0.4, 0.5) is 10.5 Å². The Kier molecular flexibility index (Phi) is 7.85. The molecule has 0 bridgehead atoms. The molecule has 27 heavy (non-hydrogen) atoms. The summed E-state index contributed by atoms with van der Waals surface area (Å²) in [5.41, 5.74) is 2.69. The van der Waals surface area contributed by atoms with E-state index in [1.165, 1.54) is 4.90 Å². The fourth-order valence-electron chi connectivity index (χ4n) is 2.53. The lowest BCUT2D eigenvalue weighted by Crippen LogP contribution is -2.28. The number of carbonyl (C=O) groups excluding carboxylic acids is 1. The van der Waals surface area contributed by atoms with Gasteiger partial charge in [0, 0.05) is 27.9 Å². The average molecular weight is 389 g/mol. The predicted molar refractivity (Wildman–Crippen MR) is 112 cm³/mol. The van der Waals surface area contributed by atoms with Gasteiger partial charge in [-0.15, -0.1) is 11.8 Å². The number of ether oxygens (including phenoxy) is 2. The summed E-state index contributed by atoms with van der Waals surface area (Å²) in [5, 5.41) is 6.35. The van der Waals surface area contributed by atoms with Crippen LogP contribution >= 0.6 is 11.8 Å². The molecule has 0 radical (unpaired) electrons. The number of urea groups is 1. The van der Waals surface area contributed by atoms with E-state index >= 15 is 0 Å². The summed E-state index contributed by atoms with van der Waals surface area (Å²) in [6.45, 7) is 6.74. The number of hydrogen-bond acceptors (Lipinski definition) is 4. The second kappa shape index (κ2) is 10.1. The number of rotatable bonds is 8. The topological polar surface area (TPSA) is 59.6 Å². The largest absolute Gasteiger partial charge is 0.497 e. The maximum atomic E-state index is 12.3. The number of benzene rings is 2. The van der Waals surface area contributed by atoms with Gasteiger partial charge in [-0.2, -0.15) is 0 Å². The third-order valence-electron chi connectivity index (χ3n) is 4.29. The molecule has 146 valence electrons. The molecule has 2 aromatic rings. The maximum absolute atomic E-state index is 12.3. The van der Waals surface area contributed by atoms with Crippen LogP contribution in [0.5, 0.6) is 11.5 Å². The Bertz CT molecular complexity index is 780. The molecule has 0 saturated carbocycles. The summed E-state index contributed by atoms with van der Waals surface area (Å²) in [4.78, 5) is 13.5. The first-order chi connectivity index (χ1) is 13.0. The fourth-order valence-corrected chi connectivity index (χ4v) is 3.55. The van der Waals surface area contributed by atoms with Crippen LogP contribution in [0.25, 0.3) is 0 Å². The lowest BCUT2D eigenvalue weighted by Gasteiger charge is -2.14. The van der Waals surface area contributed by atoms with Crippen LogP contribution in [0.1, 0.15) is 31.4 Å². The van der Waals surface area contributed by atoms with Crippen molar-refractivity contribution in [2.24, 2.45) is 0 Å².